The fourth-order valence-electron chi connectivity index (χ4n) is 5.13. The molecular formula is C25H31N5O2. The lowest BCUT2D eigenvalue weighted by Crippen LogP contribution is -2.40. The van der Waals surface area contributed by atoms with Crippen LogP contribution in [0, 0.1) is 13.8 Å². The first-order chi connectivity index (χ1) is 15.3. The van der Waals surface area contributed by atoms with Crippen molar-refractivity contribution in [1.29, 1.82) is 0 Å². The Morgan fingerprint density at radius 2 is 2.00 bits per heavy atom. The molecule has 2 aromatic heterocycles. The van der Waals surface area contributed by atoms with Crippen LogP contribution in [0.5, 0.6) is 0 Å². The molecule has 2 aliphatic heterocycles. The second-order valence-electron chi connectivity index (χ2n) is 9.48. The smallest absolute Gasteiger partial charge is 0.254 e. The number of nitrogens with one attached hydrogen (secondary N) is 2. The van der Waals surface area contributed by atoms with Gasteiger partial charge in [-0.1, -0.05) is 0 Å². The molecule has 2 aliphatic rings. The number of aromatic nitrogens is 3. The van der Waals surface area contributed by atoms with E-state index in [1.165, 1.54) is 5.56 Å². The molecule has 0 aliphatic carbocycles. The fraction of sp³-hybridized carbons (Fsp3) is 0.480. The van der Waals surface area contributed by atoms with Crippen molar-refractivity contribution in [1.82, 2.24) is 24.8 Å². The molecule has 1 unspecified atom stereocenters. The van der Waals surface area contributed by atoms with Crippen LogP contribution in [0.25, 0.3) is 10.9 Å². The summed E-state index contributed by atoms with van der Waals surface area (Å²) in [7, 11) is 0. The van der Waals surface area contributed by atoms with Crippen molar-refractivity contribution in [3.05, 3.63) is 62.5 Å². The normalized spacial score (nSPS) is 19.2. The predicted molar refractivity (Wildman–Crippen MR) is 125 cm³/mol. The largest absolute Gasteiger partial charge is 0.358 e. The molecule has 3 aromatic rings. The zero-order valence-electron chi connectivity index (χ0n) is 19.3. The molecule has 1 saturated heterocycles. The van der Waals surface area contributed by atoms with Crippen molar-refractivity contribution in [3.8, 4) is 0 Å². The van der Waals surface area contributed by atoms with E-state index in [9.17, 15) is 9.59 Å². The van der Waals surface area contributed by atoms with Gasteiger partial charge in [0.05, 0.1) is 11.7 Å². The van der Waals surface area contributed by atoms with Crippen molar-refractivity contribution in [2.24, 2.45) is 0 Å². The number of likely N-dealkylation sites (tertiary alicyclic amines) is 1. The predicted octanol–water partition coefficient (Wildman–Crippen LogP) is 3.61. The number of aromatic amines is 2. The molecule has 4 heterocycles. The Labute approximate surface area is 187 Å². The van der Waals surface area contributed by atoms with Crippen LogP contribution in [-0.2, 0) is 13.0 Å². The summed E-state index contributed by atoms with van der Waals surface area (Å²) >= 11 is 0. The van der Waals surface area contributed by atoms with Gasteiger partial charge in [-0.25, -0.2) is 4.98 Å². The number of rotatable bonds is 3. The van der Waals surface area contributed by atoms with Crippen LogP contribution < -0.4 is 5.56 Å². The quantitative estimate of drug-likeness (QED) is 0.661. The lowest BCUT2D eigenvalue weighted by molar-refractivity contribution is 0.0729. The average molecular weight is 434 g/mol. The summed E-state index contributed by atoms with van der Waals surface area (Å²) in [6.07, 6.45) is 2.44. The van der Waals surface area contributed by atoms with Crippen molar-refractivity contribution >= 4 is 16.8 Å². The van der Waals surface area contributed by atoms with Gasteiger partial charge in [0.2, 0.25) is 0 Å². The number of fused-ring (bicyclic) bond motifs is 2. The molecule has 2 N–H and O–H groups in total. The van der Waals surface area contributed by atoms with Crippen molar-refractivity contribution < 1.29 is 4.79 Å². The van der Waals surface area contributed by atoms with Gasteiger partial charge in [-0.3, -0.25) is 14.5 Å². The molecule has 1 atom stereocenters. The highest BCUT2D eigenvalue weighted by atomic mass is 16.2. The summed E-state index contributed by atoms with van der Waals surface area (Å²) in [5.74, 6) is 0.622. The molecule has 7 heteroatoms. The number of aryl methyl sites for hydroxylation is 2. The third-order valence-electron chi connectivity index (χ3n) is 7.24. The van der Waals surface area contributed by atoms with Gasteiger partial charge in [0.15, 0.2) is 0 Å². The Morgan fingerprint density at radius 3 is 2.78 bits per heavy atom. The van der Waals surface area contributed by atoms with E-state index < -0.39 is 0 Å². The first-order valence-electron chi connectivity index (χ1n) is 11.6. The van der Waals surface area contributed by atoms with Crippen LogP contribution in [0.1, 0.15) is 71.4 Å². The Hall–Kier alpha value is -2.93. The van der Waals surface area contributed by atoms with Gasteiger partial charge in [0, 0.05) is 53.4 Å². The number of hydrogen-bond acceptors (Lipinski definition) is 4. The average Bonchev–Trinajstić information content (AvgIpc) is 3.37. The SMILES string of the molecule is Cc1[nH]c2ccc(C(=O)N3CCCC3c3nc4c(c(=O)[nH]3)CCN(C(C)C)C4)cc2c1C. The summed E-state index contributed by atoms with van der Waals surface area (Å²) in [5.41, 5.74) is 5.63. The molecule has 0 bridgehead atoms. The topological polar surface area (TPSA) is 85.1 Å². The Bertz CT molecular complexity index is 1260. The first-order valence-corrected chi connectivity index (χ1v) is 11.6. The molecule has 5 rings (SSSR count). The summed E-state index contributed by atoms with van der Waals surface area (Å²) in [6.45, 7) is 10.7. The van der Waals surface area contributed by atoms with Crippen molar-refractivity contribution in [3.63, 3.8) is 0 Å². The van der Waals surface area contributed by atoms with E-state index in [4.69, 9.17) is 4.98 Å². The molecule has 0 saturated carbocycles. The van der Waals surface area contributed by atoms with Crippen LogP contribution in [0.3, 0.4) is 0 Å². The van der Waals surface area contributed by atoms with Crippen molar-refractivity contribution in [2.45, 2.75) is 65.6 Å². The molecule has 32 heavy (non-hydrogen) atoms. The molecule has 1 aromatic carbocycles. The second-order valence-corrected chi connectivity index (χ2v) is 9.48. The standard InChI is InChI=1S/C25H31N5O2/c1-14(2)29-11-9-18-21(13-29)27-23(28-24(18)31)22-6-5-10-30(22)25(32)17-7-8-20-19(12-17)15(3)16(4)26-20/h7-8,12,14,22,26H,5-6,9-11,13H2,1-4H3,(H,27,28,31). The van der Waals surface area contributed by atoms with Crippen LogP contribution >= 0.6 is 0 Å². The Balaban J connectivity index is 1.47. The van der Waals surface area contributed by atoms with Crippen LogP contribution in [0.15, 0.2) is 23.0 Å². The second kappa shape index (κ2) is 7.89. The summed E-state index contributed by atoms with van der Waals surface area (Å²) < 4.78 is 0. The molecule has 7 nitrogen and oxygen atoms in total. The molecule has 168 valence electrons. The highest BCUT2D eigenvalue weighted by Gasteiger charge is 2.34. The monoisotopic (exact) mass is 433 g/mol. The first kappa shape index (κ1) is 20.9. The van der Waals surface area contributed by atoms with E-state index in [-0.39, 0.29) is 17.5 Å². The third-order valence-corrected chi connectivity index (χ3v) is 7.24. The number of carbonyl (C=O) groups excluding carboxylic acids is 1. The maximum atomic E-state index is 13.5. The number of benzene rings is 1. The zero-order chi connectivity index (χ0) is 22.6. The lowest BCUT2D eigenvalue weighted by Gasteiger charge is -2.31. The number of amides is 1. The lowest BCUT2D eigenvalue weighted by atomic mass is 10.0. The number of hydrogen-bond donors (Lipinski definition) is 2. The summed E-state index contributed by atoms with van der Waals surface area (Å²) in [5, 5.41) is 1.08. The van der Waals surface area contributed by atoms with E-state index in [1.807, 2.05) is 30.0 Å². The van der Waals surface area contributed by atoms with Gasteiger partial charge in [-0.2, -0.15) is 0 Å². The van der Waals surface area contributed by atoms with Gasteiger partial charge >= 0.3 is 0 Å². The Kier molecular flexibility index (Phi) is 5.16. The number of nitrogens with zero attached hydrogens (tertiary/aromatic N) is 3. The van der Waals surface area contributed by atoms with Crippen molar-refractivity contribution in [2.75, 3.05) is 13.1 Å². The van der Waals surface area contributed by atoms with E-state index in [1.54, 1.807) is 0 Å². The molecule has 1 fully saturated rings. The third kappa shape index (κ3) is 3.45. The van der Waals surface area contributed by atoms with Gasteiger partial charge in [0.25, 0.3) is 11.5 Å². The summed E-state index contributed by atoms with van der Waals surface area (Å²) in [6, 6.07) is 6.06. The van der Waals surface area contributed by atoms with E-state index in [2.05, 4.69) is 35.6 Å². The number of H-pyrrole nitrogens is 2. The minimum atomic E-state index is -0.195. The van der Waals surface area contributed by atoms with Gasteiger partial charge in [0.1, 0.15) is 5.82 Å². The molecule has 1 amide bonds. The van der Waals surface area contributed by atoms with E-state index in [0.717, 1.165) is 53.7 Å². The molecular weight excluding hydrogens is 402 g/mol. The van der Waals surface area contributed by atoms with Crippen LogP contribution in [-0.4, -0.2) is 49.8 Å². The van der Waals surface area contributed by atoms with Crippen LogP contribution in [0.4, 0.5) is 0 Å². The molecule has 0 radical (unpaired) electrons. The fourth-order valence-corrected chi connectivity index (χ4v) is 5.13. The maximum Gasteiger partial charge on any atom is 0.254 e. The maximum absolute atomic E-state index is 13.5. The van der Waals surface area contributed by atoms with E-state index in [0.29, 0.717) is 30.5 Å². The summed E-state index contributed by atoms with van der Waals surface area (Å²) in [4.78, 5) is 41.8. The Morgan fingerprint density at radius 1 is 1.19 bits per heavy atom. The minimum Gasteiger partial charge on any atom is -0.358 e. The minimum absolute atomic E-state index is 0.00294. The highest BCUT2D eigenvalue weighted by molar-refractivity contribution is 5.99. The molecule has 0 spiro atoms. The van der Waals surface area contributed by atoms with Gasteiger partial charge in [-0.15, -0.1) is 0 Å². The highest BCUT2D eigenvalue weighted by Crippen LogP contribution is 2.32. The van der Waals surface area contributed by atoms with E-state index >= 15 is 0 Å². The zero-order valence-corrected chi connectivity index (χ0v) is 19.3. The van der Waals surface area contributed by atoms with Gasteiger partial charge in [-0.05, 0) is 70.7 Å². The van der Waals surface area contributed by atoms with Gasteiger partial charge < -0.3 is 14.9 Å². The van der Waals surface area contributed by atoms with Crippen LogP contribution in [0.2, 0.25) is 0 Å². The number of carbonyl (C=O) groups is 1.